The fourth-order valence-corrected chi connectivity index (χ4v) is 5.94. The zero-order valence-electron chi connectivity index (χ0n) is 16.6. The van der Waals surface area contributed by atoms with E-state index >= 15 is 0 Å². The predicted octanol–water partition coefficient (Wildman–Crippen LogP) is 4.28. The molecule has 0 radical (unpaired) electrons. The Bertz CT molecular complexity index is 901. The number of carbonyl (C=O) groups is 1. The molecule has 1 heterocycles. The minimum absolute atomic E-state index is 0.225. The molecule has 1 N–H and O–H groups in total. The molecule has 3 heteroatoms. The lowest BCUT2D eigenvalue weighted by Gasteiger charge is -2.45. The van der Waals surface area contributed by atoms with Crippen LogP contribution in [0.5, 0.6) is 0 Å². The molecule has 0 aromatic heterocycles. The lowest BCUT2D eigenvalue weighted by atomic mass is 9.73. The van der Waals surface area contributed by atoms with Crippen LogP contribution in [-0.4, -0.2) is 35.1 Å². The minimum atomic E-state index is -0.651. The first-order valence-corrected chi connectivity index (χ1v) is 10.7. The molecule has 3 unspecified atom stereocenters. The fraction of sp³-hybridized carbons (Fsp3) is 0.480. The van der Waals surface area contributed by atoms with Crippen LogP contribution in [0.1, 0.15) is 48.4 Å². The first-order valence-electron chi connectivity index (χ1n) is 10.7. The molecule has 3 nitrogen and oxygen atoms in total. The van der Waals surface area contributed by atoms with E-state index in [1.54, 1.807) is 5.56 Å². The van der Waals surface area contributed by atoms with Crippen LogP contribution >= 0.6 is 0 Å². The van der Waals surface area contributed by atoms with Gasteiger partial charge in [-0.1, -0.05) is 55.5 Å². The molecule has 2 aromatic carbocycles. The predicted molar refractivity (Wildman–Crippen MR) is 111 cm³/mol. The van der Waals surface area contributed by atoms with Gasteiger partial charge in [-0.05, 0) is 60.3 Å². The molecule has 0 amide bonds. The summed E-state index contributed by atoms with van der Waals surface area (Å²) in [5.41, 5.74) is 6.28. The van der Waals surface area contributed by atoms with E-state index in [0.717, 1.165) is 25.9 Å². The molecule has 1 aliphatic heterocycles. The molecule has 5 rings (SSSR count). The normalized spacial score (nSPS) is 28.2. The Kier molecular flexibility index (Phi) is 4.31. The van der Waals surface area contributed by atoms with Crippen molar-refractivity contribution in [2.24, 2.45) is 11.8 Å². The van der Waals surface area contributed by atoms with Gasteiger partial charge in [0.25, 0.3) is 0 Å². The van der Waals surface area contributed by atoms with Crippen molar-refractivity contribution in [2.45, 2.75) is 50.5 Å². The number of carboxylic acid groups (broad SMARTS) is 1. The minimum Gasteiger partial charge on any atom is -0.481 e. The molecular formula is C25H29NO2. The number of hydrogen-bond donors (Lipinski definition) is 1. The number of likely N-dealkylation sites (tertiary alicyclic amines) is 1. The summed E-state index contributed by atoms with van der Waals surface area (Å²) in [6, 6.07) is 18.6. The van der Waals surface area contributed by atoms with Crippen LogP contribution in [-0.2, 0) is 23.1 Å². The Morgan fingerprint density at radius 2 is 1.75 bits per heavy atom. The summed E-state index contributed by atoms with van der Waals surface area (Å²) in [5.74, 6) is -0.560. The van der Waals surface area contributed by atoms with Crippen LogP contribution in [0.3, 0.4) is 0 Å². The fourth-order valence-electron chi connectivity index (χ4n) is 5.94. The average molecular weight is 376 g/mol. The lowest BCUT2D eigenvalue weighted by molar-refractivity contribution is -0.146. The second kappa shape index (κ2) is 6.73. The van der Waals surface area contributed by atoms with Crippen molar-refractivity contribution in [3.8, 4) is 0 Å². The summed E-state index contributed by atoms with van der Waals surface area (Å²) in [7, 11) is 0. The molecule has 1 saturated heterocycles. The molecule has 1 spiro atoms. The summed E-state index contributed by atoms with van der Waals surface area (Å²) in [6.07, 6.45) is 5.84. The van der Waals surface area contributed by atoms with Gasteiger partial charge in [0.05, 0.1) is 5.92 Å². The van der Waals surface area contributed by atoms with E-state index < -0.39 is 5.97 Å². The Hall–Kier alpha value is -2.13. The zero-order chi connectivity index (χ0) is 19.3. The van der Waals surface area contributed by atoms with Gasteiger partial charge in [0.15, 0.2) is 0 Å². The third-order valence-electron chi connectivity index (χ3n) is 7.75. The third kappa shape index (κ3) is 2.88. The SMILES string of the molecule is CC(C(=O)O)C1CN(C2CCC3(Cc4ccccc4Cc4ccccc43)C2)C1. The highest BCUT2D eigenvalue weighted by Crippen LogP contribution is 2.49. The summed E-state index contributed by atoms with van der Waals surface area (Å²) in [4.78, 5) is 13.8. The standard InChI is InChI=1S/C25H29NO2/c1-17(24(27)28)21-15-26(16-21)22-10-11-25(14-22)13-20-8-3-2-6-18(20)12-19-7-4-5-9-23(19)25/h2-9,17,21-22H,10-16H2,1H3,(H,27,28). The van der Waals surface area contributed by atoms with Crippen LogP contribution in [0.4, 0.5) is 0 Å². The van der Waals surface area contributed by atoms with Gasteiger partial charge in [0.2, 0.25) is 0 Å². The maximum atomic E-state index is 11.3. The van der Waals surface area contributed by atoms with Gasteiger partial charge in [0, 0.05) is 24.5 Å². The van der Waals surface area contributed by atoms with Gasteiger partial charge in [-0.15, -0.1) is 0 Å². The second-order valence-electron chi connectivity index (χ2n) is 9.30. The first-order chi connectivity index (χ1) is 13.6. The van der Waals surface area contributed by atoms with Gasteiger partial charge in [0.1, 0.15) is 0 Å². The van der Waals surface area contributed by atoms with Gasteiger partial charge in [-0.25, -0.2) is 0 Å². The Morgan fingerprint density at radius 3 is 2.50 bits per heavy atom. The molecule has 1 saturated carbocycles. The molecule has 146 valence electrons. The molecule has 3 atom stereocenters. The number of carboxylic acids is 1. The maximum absolute atomic E-state index is 11.3. The van der Waals surface area contributed by atoms with E-state index in [1.807, 2.05) is 6.92 Å². The van der Waals surface area contributed by atoms with Crippen molar-refractivity contribution >= 4 is 5.97 Å². The summed E-state index contributed by atoms with van der Waals surface area (Å²) < 4.78 is 0. The molecule has 2 aromatic rings. The van der Waals surface area contributed by atoms with Crippen LogP contribution in [0.25, 0.3) is 0 Å². The zero-order valence-corrected chi connectivity index (χ0v) is 16.6. The Balaban J connectivity index is 1.40. The summed E-state index contributed by atoms with van der Waals surface area (Å²) in [5, 5.41) is 9.28. The van der Waals surface area contributed by atoms with E-state index in [0.29, 0.717) is 12.0 Å². The molecule has 2 fully saturated rings. The van der Waals surface area contributed by atoms with Crippen molar-refractivity contribution in [3.63, 3.8) is 0 Å². The van der Waals surface area contributed by atoms with Crippen LogP contribution in [0.15, 0.2) is 48.5 Å². The van der Waals surface area contributed by atoms with E-state index in [4.69, 9.17) is 0 Å². The topological polar surface area (TPSA) is 40.5 Å². The lowest BCUT2D eigenvalue weighted by Crippen LogP contribution is -2.54. The molecule has 28 heavy (non-hydrogen) atoms. The smallest absolute Gasteiger partial charge is 0.306 e. The molecule has 0 bridgehead atoms. The van der Waals surface area contributed by atoms with Gasteiger partial charge in [-0.3, -0.25) is 9.69 Å². The second-order valence-corrected chi connectivity index (χ2v) is 9.30. The monoisotopic (exact) mass is 375 g/mol. The number of rotatable bonds is 3. The van der Waals surface area contributed by atoms with E-state index in [2.05, 4.69) is 53.4 Å². The number of nitrogens with zero attached hydrogens (tertiary/aromatic N) is 1. The van der Waals surface area contributed by atoms with Crippen molar-refractivity contribution < 1.29 is 9.90 Å². The summed E-state index contributed by atoms with van der Waals surface area (Å²) >= 11 is 0. The van der Waals surface area contributed by atoms with Crippen molar-refractivity contribution in [2.75, 3.05) is 13.1 Å². The van der Waals surface area contributed by atoms with Gasteiger partial charge >= 0.3 is 5.97 Å². The van der Waals surface area contributed by atoms with Crippen LogP contribution in [0.2, 0.25) is 0 Å². The van der Waals surface area contributed by atoms with Crippen molar-refractivity contribution in [1.29, 1.82) is 0 Å². The highest BCUT2D eigenvalue weighted by Gasteiger charge is 2.47. The van der Waals surface area contributed by atoms with Crippen LogP contribution in [0, 0.1) is 11.8 Å². The van der Waals surface area contributed by atoms with Crippen LogP contribution < -0.4 is 0 Å². The first kappa shape index (κ1) is 17.9. The largest absolute Gasteiger partial charge is 0.481 e. The van der Waals surface area contributed by atoms with Gasteiger partial charge < -0.3 is 5.11 Å². The number of aliphatic carboxylic acids is 1. The number of fused-ring (bicyclic) bond motifs is 3. The highest BCUT2D eigenvalue weighted by atomic mass is 16.4. The molecule has 3 aliphatic rings. The van der Waals surface area contributed by atoms with Gasteiger partial charge in [-0.2, -0.15) is 0 Å². The molecular weight excluding hydrogens is 346 g/mol. The number of hydrogen-bond acceptors (Lipinski definition) is 2. The van der Waals surface area contributed by atoms with Crippen molar-refractivity contribution in [3.05, 3.63) is 70.8 Å². The third-order valence-corrected chi connectivity index (χ3v) is 7.75. The maximum Gasteiger partial charge on any atom is 0.306 e. The Morgan fingerprint density at radius 1 is 1.07 bits per heavy atom. The quantitative estimate of drug-likeness (QED) is 0.871. The van der Waals surface area contributed by atoms with E-state index in [-0.39, 0.29) is 11.3 Å². The highest BCUT2D eigenvalue weighted by molar-refractivity contribution is 5.70. The van der Waals surface area contributed by atoms with E-state index in [9.17, 15) is 9.90 Å². The number of benzene rings is 2. The Labute approximate surface area is 167 Å². The summed E-state index contributed by atoms with van der Waals surface area (Å²) in [6.45, 7) is 3.76. The van der Waals surface area contributed by atoms with E-state index in [1.165, 1.54) is 36.0 Å². The average Bonchev–Trinajstić information content (AvgIpc) is 3.00. The molecule has 2 aliphatic carbocycles. The van der Waals surface area contributed by atoms with Crippen molar-refractivity contribution in [1.82, 2.24) is 4.90 Å².